The third kappa shape index (κ3) is 4.64. The molecule has 5 atom stereocenters. The predicted octanol–water partition coefficient (Wildman–Crippen LogP) is 3.31. The van der Waals surface area contributed by atoms with Gasteiger partial charge in [0.1, 0.15) is 17.8 Å². The van der Waals surface area contributed by atoms with Crippen LogP contribution in [0.1, 0.15) is 46.0 Å². The van der Waals surface area contributed by atoms with Crippen LogP contribution in [-0.2, 0) is 14.4 Å². The van der Waals surface area contributed by atoms with E-state index in [0.717, 1.165) is 25.7 Å². The van der Waals surface area contributed by atoms with Crippen LogP contribution in [0.5, 0.6) is 5.75 Å². The van der Waals surface area contributed by atoms with Crippen molar-refractivity contribution >= 4 is 40.9 Å². The molecule has 0 radical (unpaired) electrons. The van der Waals surface area contributed by atoms with E-state index < -0.39 is 12.1 Å². The van der Waals surface area contributed by atoms with Crippen LogP contribution in [0.15, 0.2) is 18.2 Å². The van der Waals surface area contributed by atoms with Gasteiger partial charge in [0.2, 0.25) is 11.8 Å². The molecule has 1 spiro atoms. The number of benzene rings is 1. The Morgan fingerprint density at radius 2 is 2.06 bits per heavy atom. The van der Waals surface area contributed by atoms with Crippen LogP contribution in [-0.4, -0.2) is 53.4 Å². The smallest absolute Gasteiger partial charge is 0.261 e. The van der Waals surface area contributed by atoms with E-state index in [1.807, 2.05) is 0 Å². The fourth-order valence-electron chi connectivity index (χ4n) is 6.10. The predicted molar refractivity (Wildman–Crippen MR) is 133 cm³/mol. The van der Waals surface area contributed by atoms with E-state index in [2.05, 4.69) is 30.6 Å². The van der Waals surface area contributed by atoms with E-state index in [4.69, 9.17) is 27.9 Å². The van der Waals surface area contributed by atoms with Gasteiger partial charge < -0.3 is 20.3 Å². The van der Waals surface area contributed by atoms with Crippen LogP contribution in [0.3, 0.4) is 0 Å². The summed E-state index contributed by atoms with van der Waals surface area (Å²) in [7, 11) is 0. The second-order valence-corrected chi connectivity index (χ2v) is 12.1. The molecular weight excluding hydrogens is 503 g/mol. The fourth-order valence-corrected chi connectivity index (χ4v) is 6.56. The SMILES string of the molecule is CC1(C)[C@@H]2[C@@H](C(=O)N[C@H](C#N)C[C@@H]3CCC4(CC4)NC3=O)N(C(=O)COc3ccc(Cl)cc3Cl)C[C@@H]21. The van der Waals surface area contributed by atoms with Crippen LogP contribution in [0.4, 0.5) is 0 Å². The van der Waals surface area contributed by atoms with Crippen LogP contribution < -0.4 is 15.4 Å². The minimum absolute atomic E-state index is 0.00705. The number of ether oxygens (including phenoxy) is 1. The van der Waals surface area contributed by atoms with Gasteiger partial charge in [0, 0.05) is 23.0 Å². The van der Waals surface area contributed by atoms with Crippen molar-refractivity contribution in [2.75, 3.05) is 13.2 Å². The molecule has 4 fully saturated rings. The fraction of sp³-hybridized carbons (Fsp3) is 0.615. The lowest BCUT2D eigenvalue weighted by Gasteiger charge is -2.32. The van der Waals surface area contributed by atoms with Gasteiger partial charge in [-0.3, -0.25) is 14.4 Å². The maximum Gasteiger partial charge on any atom is 0.261 e. The van der Waals surface area contributed by atoms with Crippen molar-refractivity contribution in [2.24, 2.45) is 23.2 Å². The zero-order chi connectivity index (χ0) is 25.8. The molecule has 2 N–H and O–H groups in total. The Balaban J connectivity index is 1.22. The first kappa shape index (κ1) is 25.2. The summed E-state index contributed by atoms with van der Waals surface area (Å²) in [5.74, 6) is -0.462. The second kappa shape index (κ2) is 9.11. The number of carbonyl (C=O) groups excluding carboxylic acids is 3. The Morgan fingerprint density at radius 3 is 2.69 bits per heavy atom. The summed E-state index contributed by atoms with van der Waals surface area (Å²) in [5, 5.41) is 16.4. The van der Waals surface area contributed by atoms with Gasteiger partial charge in [-0.2, -0.15) is 5.26 Å². The molecule has 2 saturated heterocycles. The first-order valence-corrected chi connectivity index (χ1v) is 13.2. The molecule has 2 aliphatic carbocycles. The monoisotopic (exact) mass is 532 g/mol. The van der Waals surface area contributed by atoms with Gasteiger partial charge in [0.05, 0.1) is 11.1 Å². The highest BCUT2D eigenvalue weighted by atomic mass is 35.5. The van der Waals surface area contributed by atoms with E-state index in [1.165, 1.54) is 6.07 Å². The second-order valence-electron chi connectivity index (χ2n) is 11.2. The molecule has 0 unspecified atom stereocenters. The number of fused-ring (bicyclic) bond motifs is 1. The van der Waals surface area contributed by atoms with Gasteiger partial charge in [0.25, 0.3) is 5.91 Å². The Labute approximate surface area is 220 Å². The number of nitrogens with one attached hydrogen (secondary N) is 2. The van der Waals surface area contributed by atoms with E-state index in [0.29, 0.717) is 22.3 Å². The maximum absolute atomic E-state index is 13.4. The van der Waals surface area contributed by atoms with Gasteiger partial charge in [-0.05, 0) is 67.6 Å². The Bertz CT molecular complexity index is 1150. The third-order valence-corrected chi connectivity index (χ3v) is 9.15. The molecule has 3 amide bonds. The van der Waals surface area contributed by atoms with Gasteiger partial charge in [-0.15, -0.1) is 0 Å². The van der Waals surface area contributed by atoms with Crippen LogP contribution in [0, 0.1) is 34.5 Å². The maximum atomic E-state index is 13.4. The zero-order valence-electron chi connectivity index (χ0n) is 20.4. The molecule has 10 heteroatoms. The molecular formula is C26H30Cl2N4O4. The Kier molecular flexibility index (Phi) is 6.37. The molecule has 4 aliphatic rings. The van der Waals surface area contributed by atoms with Crippen LogP contribution in [0.2, 0.25) is 10.0 Å². The van der Waals surface area contributed by atoms with E-state index in [9.17, 15) is 19.6 Å². The molecule has 0 bridgehead atoms. The molecule has 36 heavy (non-hydrogen) atoms. The molecule has 2 saturated carbocycles. The van der Waals surface area contributed by atoms with Crippen molar-refractivity contribution in [2.45, 2.75) is 63.6 Å². The summed E-state index contributed by atoms with van der Waals surface area (Å²) in [5.41, 5.74) is -0.0856. The van der Waals surface area contributed by atoms with Crippen LogP contribution >= 0.6 is 23.2 Å². The summed E-state index contributed by atoms with van der Waals surface area (Å²) in [6.45, 7) is 4.37. The number of carbonyl (C=O) groups is 3. The molecule has 1 aromatic rings. The molecule has 1 aromatic carbocycles. The van der Waals surface area contributed by atoms with E-state index >= 15 is 0 Å². The summed E-state index contributed by atoms with van der Waals surface area (Å²) in [4.78, 5) is 40.6. The number of hydrogen-bond acceptors (Lipinski definition) is 5. The standard InChI is InChI=1S/C26H30Cl2N4O4/c1-25(2)17-12-32(20(33)13-36-19-4-3-15(27)10-18(19)28)22(21(17)25)24(35)30-16(11-29)9-14-5-6-26(7-8-26)31-23(14)34/h3-4,10,14,16-17,21-22H,5-9,12-13H2,1-2H3,(H,30,35)(H,31,34)/t14-,16-,17-,21-,22-/m0/s1. The van der Waals surface area contributed by atoms with E-state index in [1.54, 1.807) is 17.0 Å². The van der Waals surface area contributed by atoms with Crippen molar-refractivity contribution in [1.29, 1.82) is 5.26 Å². The summed E-state index contributed by atoms with van der Waals surface area (Å²) < 4.78 is 5.62. The molecule has 2 aliphatic heterocycles. The van der Waals surface area contributed by atoms with Gasteiger partial charge in [-0.25, -0.2) is 0 Å². The van der Waals surface area contributed by atoms with Gasteiger partial charge in [0.15, 0.2) is 6.61 Å². The lowest BCUT2D eigenvalue weighted by Crippen LogP contribution is -2.53. The molecule has 2 heterocycles. The molecule has 5 rings (SSSR count). The van der Waals surface area contributed by atoms with Gasteiger partial charge >= 0.3 is 0 Å². The average molecular weight is 533 g/mol. The number of hydrogen-bond donors (Lipinski definition) is 2. The summed E-state index contributed by atoms with van der Waals surface area (Å²) >= 11 is 12.1. The number of likely N-dealkylation sites (tertiary alicyclic amines) is 1. The molecule has 8 nitrogen and oxygen atoms in total. The first-order chi connectivity index (χ1) is 17.0. The van der Waals surface area contributed by atoms with Crippen molar-refractivity contribution < 1.29 is 19.1 Å². The zero-order valence-corrected chi connectivity index (χ0v) is 21.9. The highest BCUT2D eigenvalue weighted by Gasteiger charge is 2.69. The number of rotatable bonds is 7. The molecule has 192 valence electrons. The summed E-state index contributed by atoms with van der Waals surface area (Å²) in [6.07, 6.45) is 3.93. The lowest BCUT2D eigenvalue weighted by atomic mass is 9.87. The third-order valence-electron chi connectivity index (χ3n) is 8.62. The van der Waals surface area contributed by atoms with Crippen molar-refractivity contribution in [3.05, 3.63) is 28.2 Å². The minimum Gasteiger partial charge on any atom is -0.482 e. The Morgan fingerprint density at radius 1 is 1.31 bits per heavy atom. The van der Waals surface area contributed by atoms with Crippen molar-refractivity contribution in [3.8, 4) is 11.8 Å². The van der Waals surface area contributed by atoms with Crippen LogP contribution in [0.25, 0.3) is 0 Å². The number of halogens is 2. The highest BCUT2D eigenvalue weighted by molar-refractivity contribution is 6.35. The topological polar surface area (TPSA) is 112 Å². The normalized spacial score (nSPS) is 29.5. The average Bonchev–Trinajstić information content (AvgIpc) is 3.61. The largest absolute Gasteiger partial charge is 0.482 e. The number of amides is 3. The van der Waals surface area contributed by atoms with E-state index in [-0.39, 0.29) is 59.5 Å². The lowest BCUT2D eigenvalue weighted by molar-refractivity contribution is -0.142. The van der Waals surface area contributed by atoms with Gasteiger partial charge in [-0.1, -0.05) is 37.0 Å². The van der Waals surface area contributed by atoms with Crippen molar-refractivity contribution in [1.82, 2.24) is 15.5 Å². The quantitative estimate of drug-likeness (QED) is 0.559. The number of piperidine rings is 2. The highest BCUT2D eigenvalue weighted by Crippen LogP contribution is 2.64. The Hall–Kier alpha value is -2.50. The summed E-state index contributed by atoms with van der Waals surface area (Å²) in [6, 6.07) is 5.40. The number of nitrogens with zero attached hydrogens (tertiary/aromatic N) is 2. The van der Waals surface area contributed by atoms with Crippen molar-refractivity contribution in [3.63, 3.8) is 0 Å². The minimum atomic E-state index is -0.802. The molecule has 0 aromatic heterocycles. The number of nitriles is 1. The first-order valence-electron chi connectivity index (χ1n) is 12.4.